The third kappa shape index (κ3) is 2.69. The number of carbonyl (C=O) groups is 1. The molecule has 94 valence electrons. The molecule has 0 saturated carbocycles. The van der Waals surface area contributed by atoms with Gasteiger partial charge in [-0.15, -0.1) is 0 Å². The van der Waals surface area contributed by atoms with E-state index in [1.54, 1.807) is 6.92 Å². The summed E-state index contributed by atoms with van der Waals surface area (Å²) in [6.07, 6.45) is -6.85. The van der Waals surface area contributed by atoms with Crippen LogP contribution in [0.4, 0.5) is 0 Å². The van der Waals surface area contributed by atoms with Crippen LogP contribution in [0.25, 0.3) is 0 Å². The van der Waals surface area contributed by atoms with Crippen molar-refractivity contribution < 1.29 is 34.7 Å². The molecule has 1 rings (SSSR count). The fourth-order valence-electron chi connectivity index (χ4n) is 1.38. The van der Waals surface area contributed by atoms with E-state index in [9.17, 15) is 20.1 Å². The molecular formula is C9H16O7. The first-order chi connectivity index (χ1) is 7.51. The average molecular weight is 236 g/mol. The third-order valence-electron chi connectivity index (χ3n) is 2.38. The topological polar surface area (TPSA) is 116 Å². The molecule has 7 heteroatoms. The van der Waals surface area contributed by atoms with E-state index in [1.807, 2.05) is 0 Å². The molecule has 1 aliphatic heterocycles. The van der Waals surface area contributed by atoms with Crippen LogP contribution >= 0.6 is 0 Å². The lowest BCUT2D eigenvalue weighted by Crippen LogP contribution is -2.59. The normalized spacial score (nSPS) is 39.4. The Kier molecular flexibility index (Phi) is 4.63. The van der Waals surface area contributed by atoms with Crippen LogP contribution < -0.4 is 0 Å². The molecule has 1 heterocycles. The molecule has 0 aromatic rings. The van der Waals surface area contributed by atoms with Crippen molar-refractivity contribution >= 4 is 5.97 Å². The Bertz CT molecular complexity index is 242. The smallest absolute Gasteiger partial charge is 0.307 e. The summed E-state index contributed by atoms with van der Waals surface area (Å²) in [7, 11) is 0. The molecule has 1 aliphatic rings. The average Bonchev–Trinajstić information content (AvgIpc) is 2.29. The maximum absolute atomic E-state index is 11.0. The van der Waals surface area contributed by atoms with Gasteiger partial charge in [-0.1, -0.05) is 6.92 Å². The summed E-state index contributed by atoms with van der Waals surface area (Å²) in [6.45, 7) is 1.01. The molecule has 1 fully saturated rings. The molecule has 0 amide bonds. The molecular weight excluding hydrogens is 220 g/mol. The van der Waals surface area contributed by atoms with Crippen molar-refractivity contribution in [3.05, 3.63) is 0 Å². The van der Waals surface area contributed by atoms with Gasteiger partial charge in [-0.25, -0.2) is 0 Å². The summed E-state index contributed by atoms with van der Waals surface area (Å²) < 4.78 is 9.66. The van der Waals surface area contributed by atoms with Crippen molar-refractivity contribution in [2.45, 2.75) is 44.1 Å². The molecule has 16 heavy (non-hydrogen) atoms. The van der Waals surface area contributed by atoms with E-state index in [2.05, 4.69) is 0 Å². The number of hydrogen-bond acceptors (Lipinski definition) is 7. The molecule has 0 aliphatic carbocycles. The van der Waals surface area contributed by atoms with Crippen LogP contribution in [0.1, 0.15) is 13.3 Å². The van der Waals surface area contributed by atoms with E-state index in [1.165, 1.54) is 0 Å². The van der Waals surface area contributed by atoms with Crippen LogP contribution in [0.3, 0.4) is 0 Å². The van der Waals surface area contributed by atoms with Gasteiger partial charge in [0.15, 0.2) is 0 Å². The van der Waals surface area contributed by atoms with Gasteiger partial charge in [0.1, 0.15) is 24.4 Å². The highest BCUT2D eigenvalue weighted by atomic mass is 16.7. The van der Waals surface area contributed by atoms with Crippen molar-refractivity contribution in [3.8, 4) is 0 Å². The van der Waals surface area contributed by atoms with Gasteiger partial charge in [-0.05, 0) is 0 Å². The van der Waals surface area contributed by atoms with Crippen LogP contribution in [0, 0.1) is 0 Å². The van der Waals surface area contributed by atoms with Gasteiger partial charge in [0, 0.05) is 6.42 Å². The standard InChI is InChI=1S/C9H16O7/c1-2-5(11)16-9-8(14)7(13)6(12)4(3-10)15-9/h4,6-10,12-14H,2-3H2,1H3/t4-,6-,7+,8-,9-/m1/s1. The molecule has 5 atom stereocenters. The fourth-order valence-corrected chi connectivity index (χ4v) is 1.38. The van der Waals surface area contributed by atoms with E-state index in [-0.39, 0.29) is 6.42 Å². The minimum Gasteiger partial charge on any atom is -0.433 e. The number of aliphatic hydroxyl groups is 4. The van der Waals surface area contributed by atoms with Crippen LogP contribution in [0.5, 0.6) is 0 Å². The van der Waals surface area contributed by atoms with Crippen molar-refractivity contribution in [2.75, 3.05) is 6.61 Å². The first-order valence-electron chi connectivity index (χ1n) is 5.01. The van der Waals surface area contributed by atoms with Crippen molar-refractivity contribution in [1.29, 1.82) is 0 Å². The monoisotopic (exact) mass is 236 g/mol. The largest absolute Gasteiger partial charge is 0.433 e. The number of esters is 1. The number of hydrogen-bond donors (Lipinski definition) is 4. The van der Waals surface area contributed by atoms with Crippen LogP contribution in [-0.4, -0.2) is 63.7 Å². The van der Waals surface area contributed by atoms with Crippen molar-refractivity contribution in [1.82, 2.24) is 0 Å². The molecule has 0 aromatic heterocycles. The maximum Gasteiger partial charge on any atom is 0.307 e. The molecule has 0 unspecified atom stereocenters. The molecule has 0 spiro atoms. The summed E-state index contributed by atoms with van der Waals surface area (Å²) in [6, 6.07) is 0. The molecule has 7 nitrogen and oxygen atoms in total. The molecule has 4 N–H and O–H groups in total. The third-order valence-corrected chi connectivity index (χ3v) is 2.38. The predicted octanol–water partition coefficient (Wildman–Crippen LogP) is -2.26. The van der Waals surface area contributed by atoms with Gasteiger partial charge in [0.25, 0.3) is 0 Å². The van der Waals surface area contributed by atoms with E-state index in [0.717, 1.165) is 0 Å². The highest BCUT2D eigenvalue weighted by Crippen LogP contribution is 2.22. The van der Waals surface area contributed by atoms with Gasteiger partial charge < -0.3 is 29.9 Å². The Hall–Kier alpha value is -0.730. The highest BCUT2D eigenvalue weighted by Gasteiger charge is 2.45. The molecule has 1 saturated heterocycles. The minimum absolute atomic E-state index is 0.0923. The van der Waals surface area contributed by atoms with Crippen LogP contribution in [0.15, 0.2) is 0 Å². The number of rotatable bonds is 3. The second-order valence-electron chi connectivity index (χ2n) is 3.54. The lowest BCUT2D eigenvalue weighted by molar-refractivity contribution is -0.292. The first kappa shape index (κ1) is 13.3. The van der Waals surface area contributed by atoms with Gasteiger partial charge in [-0.2, -0.15) is 0 Å². The Morgan fingerprint density at radius 1 is 1.25 bits per heavy atom. The first-order valence-corrected chi connectivity index (χ1v) is 5.01. The minimum atomic E-state index is -1.53. The molecule has 0 aromatic carbocycles. The van der Waals surface area contributed by atoms with E-state index >= 15 is 0 Å². The lowest BCUT2D eigenvalue weighted by atomic mass is 9.99. The summed E-state index contributed by atoms with van der Waals surface area (Å²) in [5.74, 6) is -0.607. The Morgan fingerprint density at radius 2 is 1.88 bits per heavy atom. The van der Waals surface area contributed by atoms with Gasteiger partial charge in [0.2, 0.25) is 6.29 Å². The van der Waals surface area contributed by atoms with E-state index in [4.69, 9.17) is 14.6 Å². The Morgan fingerprint density at radius 3 is 2.38 bits per heavy atom. The summed E-state index contributed by atoms with van der Waals surface area (Å²) in [5.41, 5.74) is 0. The van der Waals surface area contributed by atoms with E-state index in [0.29, 0.717) is 0 Å². The second kappa shape index (κ2) is 5.55. The Labute approximate surface area is 92.2 Å². The van der Waals surface area contributed by atoms with E-state index < -0.39 is 43.3 Å². The van der Waals surface area contributed by atoms with Crippen molar-refractivity contribution in [3.63, 3.8) is 0 Å². The number of carbonyl (C=O) groups excluding carboxylic acids is 1. The summed E-state index contributed by atoms with van der Waals surface area (Å²) in [4.78, 5) is 11.0. The van der Waals surface area contributed by atoms with Gasteiger partial charge >= 0.3 is 5.97 Å². The van der Waals surface area contributed by atoms with Gasteiger partial charge in [-0.3, -0.25) is 4.79 Å². The van der Waals surface area contributed by atoms with Crippen molar-refractivity contribution in [2.24, 2.45) is 0 Å². The zero-order valence-electron chi connectivity index (χ0n) is 8.81. The second-order valence-corrected chi connectivity index (χ2v) is 3.54. The predicted molar refractivity (Wildman–Crippen MR) is 50.2 cm³/mol. The summed E-state index contributed by atoms with van der Waals surface area (Å²) in [5, 5.41) is 37.1. The highest BCUT2D eigenvalue weighted by molar-refractivity contribution is 5.69. The van der Waals surface area contributed by atoms with Crippen LogP contribution in [0.2, 0.25) is 0 Å². The fraction of sp³-hybridized carbons (Fsp3) is 0.889. The number of aliphatic hydroxyl groups excluding tert-OH is 4. The quantitative estimate of drug-likeness (QED) is 0.408. The zero-order valence-corrected chi connectivity index (χ0v) is 8.81. The molecule has 0 bridgehead atoms. The SMILES string of the molecule is CCC(=O)O[C@H]1O[C@H](CO)[C@@H](O)[C@H](O)[C@H]1O. The number of ether oxygens (including phenoxy) is 2. The zero-order chi connectivity index (χ0) is 12.3. The molecule has 0 radical (unpaired) electrons. The van der Waals surface area contributed by atoms with Gasteiger partial charge in [0.05, 0.1) is 6.61 Å². The van der Waals surface area contributed by atoms with Crippen LogP contribution in [-0.2, 0) is 14.3 Å². The lowest BCUT2D eigenvalue weighted by Gasteiger charge is -2.39. The summed E-state index contributed by atoms with van der Waals surface area (Å²) >= 11 is 0. The Balaban J connectivity index is 2.67. The maximum atomic E-state index is 11.0.